The fourth-order valence-electron chi connectivity index (χ4n) is 4.40. The average Bonchev–Trinajstić information content (AvgIpc) is 3.36. The maximum atomic E-state index is 13.3. The van der Waals surface area contributed by atoms with Crippen molar-refractivity contribution in [2.75, 3.05) is 19.8 Å². The monoisotopic (exact) mass is 453 g/mol. The summed E-state index contributed by atoms with van der Waals surface area (Å²) in [6, 6.07) is 11.0. The van der Waals surface area contributed by atoms with Gasteiger partial charge in [0.25, 0.3) is 5.56 Å². The minimum atomic E-state index is 0.100. The minimum Gasteiger partial charge on any atom is -0.382 e. The number of aromatic nitrogens is 2. The number of ether oxygens (including phenoxy) is 1. The van der Waals surface area contributed by atoms with Crippen LogP contribution in [0.5, 0.6) is 0 Å². The van der Waals surface area contributed by atoms with Crippen molar-refractivity contribution < 1.29 is 4.74 Å². The normalized spacial score (nSPS) is 16.2. The van der Waals surface area contributed by atoms with Crippen LogP contribution < -0.4 is 10.9 Å². The van der Waals surface area contributed by atoms with Gasteiger partial charge in [0, 0.05) is 33.7 Å². The van der Waals surface area contributed by atoms with Crippen molar-refractivity contribution >= 4 is 43.0 Å². The van der Waals surface area contributed by atoms with Crippen LogP contribution in [0.2, 0.25) is 0 Å². The summed E-state index contributed by atoms with van der Waals surface area (Å²) in [5, 5.41) is 5.74. The lowest BCUT2D eigenvalue weighted by molar-refractivity contribution is 0.144. The van der Waals surface area contributed by atoms with E-state index in [1.807, 2.05) is 6.92 Å². The highest BCUT2D eigenvalue weighted by Gasteiger charge is 2.25. The number of thiophene rings is 2. The molecule has 0 amide bonds. The molecule has 3 aromatic heterocycles. The molecule has 3 heterocycles. The van der Waals surface area contributed by atoms with Crippen LogP contribution >= 0.6 is 22.7 Å². The molecule has 0 aliphatic heterocycles. The van der Waals surface area contributed by atoms with Crippen LogP contribution in [-0.2, 0) is 24.1 Å². The summed E-state index contributed by atoms with van der Waals surface area (Å²) >= 11 is 3.44. The standard InChI is InChI=1S/C24H27N3O2S2/c1-2-29-11-5-10-25-17-8-9-19-21(13-17)31-23-22(19)24(28)27(15-26-23)14-18-12-16-6-3-4-7-20(16)30-18/h3-4,6-7,12,15,17,25H,2,5,8-11,13-14H2,1H3. The van der Waals surface area contributed by atoms with E-state index in [1.54, 1.807) is 33.6 Å². The number of nitrogens with zero attached hydrogens (tertiary/aromatic N) is 2. The van der Waals surface area contributed by atoms with Gasteiger partial charge in [-0.1, -0.05) is 18.2 Å². The van der Waals surface area contributed by atoms with Gasteiger partial charge in [0.15, 0.2) is 0 Å². The predicted octanol–water partition coefficient (Wildman–Crippen LogP) is 4.59. The Hall–Kier alpha value is -2.06. The first-order chi connectivity index (χ1) is 15.2. The van der Waals surface area contributed by atoms with Crippen molar-refractivity contribution in [3.63, 3.8) is 0 Å². The fourth-order valence-corrected chi connectivity index (χ4v) is 6.72. The zero-order valence-electron chi connectivity index (χ0n) is 17.7. The smallest absolute Gasteiger partial charge is 0.262 e. The Kier molecular flexibility index (Phi) is 6.18. The van der Waals surface area contributed by atoms with Gasteiger partial charge in [-0.25, -0.2) is 4.98 Å². The molecular weight excluding hydrogens is 426 g/mol. The third-order valence-corrected chi connectivity index (χ3v) is 8.20. The second kappa shape index (κ2) is 9.20. The first kappa shape index (κ1) is 20.8. The average molecular weight is 454 g/mol. The Bertz CT molecular complexity index is 1220. The lowest BCUT2D eigenvalue weighted by atomic mass is 9.93. The maximum Gasteiger partial charge on any atom is 0.262 e. The van der Waals surface area contributed by atoms with Gasteiger partial charge < -0.3 is 10.1 Å². The Morgan fingerprint density at radius 3 is 3.06 bits per heavy atom. The molecule has 1 atom stereocenters. The van der Waals surface area contributed by atoms with E-state index in [4.69, 9.17) is 4.74 Å². The van der Waals surface area contributed by atoms with Gasteiger partial charge in [0.05, 0.1) is 18.3 Å². The number of nitrogens with one attached hydrogen (secondary N) is 1. The molecule has 1 aromatic carbocycles. The summed E-state index contributed by atoms with van der Waals surface area (Å²) in [6.45, 7) is 5.18. The molecule has 7 heteroatoms. The third-order valence-electron chi connectivity index (χ3n) is 5.94. The van der Waals surface area contributed by atoms with Crippen molar-refractivity contribution in [3.8, 4) is 0 Å². The Labute approximate surface area is 189 Å². The van der Waals surface area contributed by atoms with E-state index in [2.05, 4.69) is 40.6 Å². The predicted molar refractivity (Wildman–Crippen MR) is 130 cm³/mol. The quantitative estimate of drug-likeness (QED) is 0.396. The Morgan fingerprint density at radius 1 is 1.29 bits per heavy atom. The molecule has 0 saturated heterocycles. The van der Waals surface area contributed by atoms with Crippen LogP contribution in [0.25, 0.3) is 20.3 Å². The SMILES string of the molecule is CCOCCCNC1CCc2c(sc3ncn(Cc4cc5ccccc5s4)c(=O)c23)C1. The third kappa shape index (κ3) is 4.32. The molecule has 162 valence electrons. The van der Waals surface area contributed by atoms with Crippen LogP contribution in [0.1, 0.15) is 35.1 Å². The molecule has 0 bridgehead atoms. The molecule has 0 saturated carbocycles. The molecule has 5 rings (SSSR count). The van der Waals surface area contributed by atoms with Gasteiger partial charge in [0.2, 0.25) is 0 Å². The van der Waals surface area contributed by atoms with Crippen LogP contribution in [0.3, 0.4) is 0 Å². The number of rotatable bonds is 8. The molecular formula is C24H27N3O2S2. The lowest BCUT2D eigenvalue weighted by Crippen LogP contribution is -2.35. The zero-order valence-corrected chi connectivity index (χ0v) is 19.4. The lowest BCUT2D eigenvalue weighted by Gasteiger charge is -2.23. The molecule has 31 heavy (non-hydrogen) atoms. The molecule has 1 N–H and O–H groups in total. The summed E-state index contributed by atoms with van der Waals surface area (Å²) < 4.78 is 8.45. The molecule has 0 fully saturated rings. The molecule has 0 spiro atoms. The number of fused-ring (bicyclic) bond motifs is 4. The summed E-state index contributed by atoms with van der Waals surface area (Å²) in [6.07, 6.45) is 5.76. The summed E-state index contributed by atoms with van der Waals surface area (Å²) in [5.74, 6) is 0. The molecule has 4 aromatic rings. The van der Waals surface area contributed by atoms with E-state index in [-0.39, 0.29) is 5.56 Å². The first-order valence-electron chi connectivity index (χ1n) is 11.0. The maximum absolute atomic E-state index is 13.3. The van der Waals surface area contributed by atoms with E-state index in [0.29, 0.717) is 12.6 Å². The van der Waals surface area contributed by atoms with Crippen molar-refractivity contribution in [1.82, 2.24) is 14.9 Å². The highest BCUT2D eigenvalue weighted by atomic mass is 32.1. The van der Waals surface area contributed by atoms with Gasteiger partial charge in [-0.2, -0.15) is 0 Å². The largest absolute Gasteiger partial charge is 0.382 e. The molecule has 5 nitrogen and oxygen atoms in total. The van der Waals surface area contributed by atoms with E-state index >= 15 is 0 Å². The summed E-state index contributed by atoms with van der Waals surface area (Å²) in [4.78, 5) is 21.4. The zero-order chi connectivity index (χ0) is 21.2. The fraction of sp³-hybridized carbons (Fsp3) is 0.417. The van der Waals surface area contributed by atoms with Gasteiger partial charge in [-0.05, 0) is 62.2 Å². The topological polar surface area (TPSA) is 56.1 Å². The van der Waals surface area contributed by atoms with E-state index in [9.17, 15) is 4.79 Å². The van der Waals surface area contributed by atoms with Crippen molar-refractivity contribution in [2.45, 2.75) is 45.2 Å². The van der Waals surface area contributed by atoms with Gasteiger partial charge in [-0.3, -0.25) is 9.36 Å². The van der Waals surface area contributed by atoms with E-state index < -0.39 is 0 Å². The second-order valence-electron chi connectivity index (χ2n) is 8.06. The van der Waals surface area contributed by atoms with Crippen LogP contribution in [0.4, 0.5) is 0 Å². The molecule has 1 unspecified atom stereocenters. The van der Waals surface area contributed by atoms with Gasteiger partial charge >= 0.3 is 0 Å². The Morgan fingerprint density at radius 2 is 2.19 bits per heavy atom. The molecule has 1 aliphatic rings. The Balaban J connectivity index is 1.34. The van der Waals surface area contributed by atoms with Crippen molar-refractivity contribution in [2.24, 2.45) is 0 Å². The van der Waals surface area contributed by atoms with E-state index in [0.717, 1.165) is 55.7 Å². The number of benzene rings is 1. The van der Waals surface area contributed by atoms with Crippen LogP contribution in [-0.4, -0.2) is 35.4 Å². The van der Waals surface area contributed by atoms with Crippen molar-refractivity contribution in [1.29, 1.82) is 0 Å². The number of hydrogen-bond donors (Lipinski definition) is 1. The van der Waals surface area contributed by atoms with Crippen LogP contribution in [0, 0.1) is 0 Å². The van der Waals surface area contributed by atoms with E-state index in [1.165, 1.54) is 25.4 Å². The summed E-state index contributed by atoms with van der Waals surface area (Å²) in [5.41, 5.74) is 1.33. The highest BCUT2D eigenvalue weighted by molar-refractivity contribution is 7.19. The second-order valence-corrected chi connectivity index (χ2v) is 10.3. The summed E-state index contributed by atoms with van der Waals surface area (Å²) in [7, 11) is 0. The number of hydrogen-bond acceptors (Lipinski definition) is 6. The van der Waals surface area contributed by atoms with Crippen LogP contribution in [0.15, 0.2) is 41.5 Å². The van der Waals surface area contributed by atoms with Crippen molar-refractivity contribution in [3.05, 3.63) is 62.3 Å². The number of aryl methyl sites for hydroxylation is 1. The highest BCUT2D eigenvalue weighted by Crippen LogP contribution is 2.34. The molecule has 1 aliphatic carbocycles. The van der Waals surface area contributed by atoms with Gasteiger partial charge in [0.1, 0.15) is 4.83 Å². The molecule has 0 radical (unpaired) electrons. The minimum absolute atomic E-state index is 0.100. The first-order valence-corrected chi connectivity index (χ1v) is 12.6. The van der Waals surface area contributed by atoms with Gasteiger partial charge in [-0.15, -0.1) is 22.7 Å².